The van der Waals surface area contributed by atoms with Crippen molar-refractivity contribution in [1.29, 1.82) is 0 Å². The van der Waals surface area contributed by atoms with Gasteiger partial charge in [0.1, 0.15) is 0 Å². The normalized spacial score (nSPS) is 18.1. The first-order valence-electron chi connectivity index (χ1n) is 11.3. The van der Waals surface area contributed by atoms with Gasteiger partial charge in [0.05, 0.1) is 5.92 Å². The van der Waals surface area contributed by atoms with Crippen LogP contribution in [0.1, 0.15) is 58.7 Å². The highest BCUT2D eigenvalue weighted by molar-refractivity contribution is 5.94. The van der Waals surface area contributed by atoms with Crippen molar-refractivity contribution in [3.8, 4) is 22.9 Å². The molecule has 2 fully saturated rings. The number of benzene rings is 2. The van der Waals surface area contributed by atoms with Crippen LogP contribution in [0.15, 0.2) is 57.5 Å². The van der Waals surface area contributed by atoms with Gasteiger partial charge in [0, 0.05) is 35.7 Å². The predicted octanol–water partition coefficient (Wildman–Crippen LogP) is 4.60. The van der Waals surface area contributed by atoms with Crippen molar-refractivity contribution in [2.24, 2.45) is 0 Å². The Bertz CT molecular complexity index is 1310. The molecule has 8 heteroatoms. The van der Waals surface area contributed by atoms with E-state index in [1.54, 1.807) is 12.1 Å². The molecule has 2 aliphatic rings. The van der Waals surface area contributed by atoms with Gasteiger partial charge in [-0.2, -0.15) is 4.98 Å². The number of aromatic nitrogens is 4. The molecule has 2 aromatic carbocycles. The summed E-state index contributed by atoms with van der Waals surface area (Å²) in [6, 6.07) is 15.2. The lowest BCUT2D eigenvalue weighted by Crippen LogP contribution is -2.28. The molecule has 1 aliphatic heterocycles. The van der Waals surface area contributed by atoms with E-state index in [-0.39, 0.29) is 11.8 Å². The van der Waals surface area contributed by atoms with E-state index >= 15 is 0 Å². The Hall–Kier alpha value is -3.81. The Balaban J connectivity index is 1.13. The number of amides is 1. The zero-order chi connectivity index (χ0) is 22.4. The Morgan fingerprint density at radius 3 is 2.52 bits per heavy atom. The van der Waals surface area contributed by atoms with Crippen molar-refractivity contribution >= 4 is 5.91 Å². The first kappa shape index (κ1) is 19.8. The number of aryl methyl sites for hydroxylation is 1. The quantitative estimate of drug-likeness (QED) is 0.446. The third kappa shape index (κ3) is 3.92. The molecule has 0 radical (unpaired) electrons. The molecule has 3 heterocycles. The number of rotatable bonds is 5. The maximum atomic E-state index is 13.0. The van der Waals surface area contributed by atoms with Gasteiger partial charge in [0.25, 0.3) is 5.91 Å². The largest absolute Gasteiger partial charge is 0.416 e. The van der Waals surface area contributed by atoms with E-state index in [2.05, 4.69) is 20.3 Å². The van der Waals surface area contributed by atoms with Gasteiger partial charge < -0.3 is 13.8 Å². The van der Waals surface area contributed by atoms with E-state index in [1.807, 2.05) is 48.2 Å². The molecular formula is C25H23N5O3. The SMILES string of the molecule is Cc1cccc(-c2nnc(-c3ccc(C(=O)N4CCC(c5nc(C6CC6)no5)C4)cc3)o2)c1. The van der Waals surface area contributed by atoms with Gasteiger partial charge in [-0.15, -0.1) is 10.2 Å². The van der Waals surface area contributed by atoms with Crippen LogP contribution in [0, 0.1) is 6.92 Å². The second-order valence-corrected chi connectivity index (χ2v) is 8.86. The zero-order valence-corrected chi connectivity index (χ0v) is 18.3. The first-order chi connectivity index (χ1) is 16.1. The van der Waals surface area contributed by atoms with Crippen molar-refractivity contribution in [1.82, 2.24) is 25.2 Å². The molecule has 1 amide bonds. The van der Waals surface area contributed by atoms with Crippen molar-refractivity contribution in [3.63, 3.8) is 0 Å². The molecule has 1 aliphatic carbocycles. The van der Waals surface area contributed by atoms with E-state index in [1.165, 1.54) is 0 Å². The molecule has 166 valence electrons. The molecule has 2 aromatic heterocycles. The number of carbonyl (C=O) groups is 1. The molecule has 1 saturated carbocycles. The van der Waals surface area contributed by atoms with Gasteiger partial charge >= 0.3 is 0 Å². The van der Waals surface area contributed by atoms with Crippen LogP contribution in [0.5, 0.6) is 0 Å². The van der Waals surface area contributed by atoms with E-state index in [4.69, 9.17) is 8.94 Å². The van der Waals surface area contributed by atoms with Gasteiger partial charge in [-0.25, -0.2) is 0 Å². The topological polar surface area (TPSA) is 98.2 Å². The van der Waals surface area contributed by atoms with Gasteiger partial charge in [0.15, 0.2) is 5.82 Å². The minimum absolute atomic E-state index is 0.00281. The summed E-state index contributed by atoms with van der Waals surface area (Å²) in [4.78, 5) is 19.4. The highest BCUT2D eigenvalue weighted by Gasteiger charge is 2.34. The van der Waals surface area contributed by atoms with Crippen molar-refractivity contribution in [2.75, 3.05) is 13.1 Å². The minimum Gasteiger partial charge on any atom is -0.416 e. The van der Waals surface area contributed by atoms with Crippen LogP contribution in [0.25, 0.3) is 22.9 Å². The molecule has 1 atom stereocenters. The van der Waals surface area contributed by atoms with Gasteiger partial charge in [-0.05, 0) is 62.6 Å². The predicted molar refractivity (Wildman–Crippen MR) is 119 cm³/mol. The molecule has 1 unspecified atom stereocenters. The van der Waals surface area contributed by atoms with Crippen LogP contribution >= 0.6 is 0 Å². The van der Waals surface area contributed by atoms with E-state index in [0.29, 0.717) is 42.2 Å². The monoisotopic (exact) mass is 441 g/mol. The second kappa shape index (κ2) is 7.95. The molecule has 4 aromatic rings. The lowest BCUT2D eigenvalue weighted by atomic mass is 10.1. The van der Waals surface area contributed by atoms with Crippen LogP contribution in [-0.4, -0.2) is 44.2 Å². The summed E-state index contributed by atoms with van der Waals surface area (Å²) in [5.74, 6) is 2.94. The Morgan fingerprint density at radius 2 is 1.76 bits per heavy atom. The number of likely N-dealkylation sites (tertiary alicyclic amines) is 1. The van der Waals surface area contributed by atoms with Gasteiger partial charge in [-0.1, -0.05) is 22.9 Å². The smallest absolute Gasteiger partial charge is 0.253 e. The average molecular weight is 441 g/mol. The highest BCUT2D eigenvalue weighted by Crippen LogP contribution is 2.39. The average Bonchev–Trinajstić information content (AvgIpc) is 3.25. The number of nitrogens with zero attached hydrogens (tertiary/aromatic N) is 5. The van der Waals surface area contributed by atoms with Gasteiger partial charge in [0.2, 0.25) is 17.7 Å². The van der Waals surface area contributed by atoms with Crippen molar-refractivity contribution < 1.29 is 13.7 Å². The standard InChI is InChI=1S/C25H23N5O3/c1-15-3-2-4-19(13-15)24-28-27-23(32-24)17-7-9-18(10-8-17)25(31)30-12-11-20(14-30)22-26-21(29-33-22)16-5-6-16/h2-4,7-10,13,16,20H,5-6,11-12,14H2,1H3. The summed E-state index contributed by atoms with van der Waals surface area (Å²) in [5.41, 5.74) is 3.41. The van der Waals surface area contributed by atoms with Crippen LogP contribution in [0.4, 0.5) is 0 Å². The van der Waals surface area contributed by atoms with E-state index < -0.39 is 0 Å². The van der Waals surface area contributed by atoms with Crippen molar-refractivity contribution in [2.45, 2.75) is 38.0 Å². The molecule has 0 spiro atoms. The molecule has 0 N–H and O–H groups in total. The highest BCUT2D eigenvalue weighted by atomic mass is 16.5. The molecule has 8 nitrogen and oxygen atoms in total. The van der Waals surface area contributed by atoms with E-state index in [9.17, 15) is 4.79 Å². The van der Waals surface area contributed by atoms with Crippen molar-refractivity contribution in [3.05, 3.63) is 71.4 Å². The fourth-order valence-electron chi connectivity index (χ4n) is 4.24. The summed E-state index contributed by atoms with van der Waals surface area (Å²) in [7, 11) is 0. The summed E-state index contributed by atoms with van der Waals surface area (Å²) >= 11 is 0. The third-order valence-corrected chi connectivity index (χ3v) is 6.29. The lowest BCUT2D eigenvalue weighted by Gasteiger charge is -2.15. The zero-order valence-electron chi connectivity index (χ0n) is 18.3. The van der Waals surface area contributed by atoms with Gasteiger partial charge in [-0.3, -0.25) is 4.79 Å². The fourth-order valence-corrected chi connectivity index (χ4v) is 4.24. The summed E-state index contributed by atoms with van der Waals surface area (Å²) in [5, 5.41) is 12.4. The Labute approximate surface area is 190 Å². The van der Waals surface area contributed by atoms with Crippen LogP contribution in [-0.2, 0) is 0 Å². The van der Waals surface area contributed by atoms with Crippen LogP contribution < -0.4 is 0 Å². The number of hydrogen-bond acceptors (Lipinski definition) is 7. The lowest BCUT2D eigenvalue weighted by molar-refractivity contribution is 0.0789. The second-order valence-electron chi connectivity index (χ2n) is 8.86. The minimum atomic E-state index is -0.00281. The number of carbonyl (C=O) groups excluding carboxylic acids is 1. The Kier molecular flexibility index (Phi) is 4.78. The number of hydrogen-bond donors (Lipinski definition) is 0. The first-order valence-corrected chi connectivity index (χ1v) is 11.3. The van der Waals surface area contributed by atoms with Crippen LogP contribution in [0.2, 0.25) is 0 Å². The maximum Gasteiger partial charge on any atom is 0.253 e. The maximum absolute atomic E-state index is 13.0. The summed E-state index contributed by atoms with van der Waals surface area (Å²) < 4.78 is 11.3. The fraction of sp³-hybridized carbons (Fsp3) is 0.320. The Morgan fingerprint density at radius 1 is 0.970 bits per heavy atom. The molecule has 6 rings (SSSR count). The van der Waals surface area contributed by atoms with Crippen LogP contribution in [0.3, 0.4) is 0 Å². The third-order valence-electron chi connectivity index (χ3n) is 6.29. The summed E-state index contributed by atoms with van der Waals surface area (Å²) in [6.45, 7) is 3.29. The molecular weight excluding hydrogens is 418 g/mol. The molecule has 33 heavy (non-hydrogen) atoms. The summed E-state index contributed by atoms with van der Waals surface area (Å²) in [6.07, 6.45) is 3.11. The molecule has 0 bridgehead atoms. The molecule has 1 saturated heterocycles. The van der Waals surface area contributed by atoms with E-state index in [0.717, 1.165) is 41.8 Å².